The van der Waals surface area contributed by atoms with E-state index in [4.69, 9.17) is 10.5 Å². The first-order chi connectivity index (χ1) is 20.7. The molecule has 12 heteroatoms. The fourth-order valence-corrected chi connectivity index (χ4v) is 4.67. The number of pyridine rings is 1. The third-order valence-corrected chi connectivity index (χ3v) is 7.07. The molecular weight excluding hydrogens is 546 g/mol. The number of hydrogen-bond acceptors (Lipinski definition) is 9. The van der Waals surface area contributed by atoms with E-state index in [1.54, 1.807) is 68.3 Å². The van der Waals surface area contributed by atoms with Crippen molar-refractivity contribution in [2.24, 2.45) is 16.6 Å². The zero-order chi connectivity index (χ0) is 30.7. The number of ether oxygens (including phenoxy) is 1. The molecule has 4 aromatic rings. The van der Waals surface area contributed by atoms with E-state index in [9.17, 15) is 9.59 Å². The Morgan fingerprint density at radius 1 is 1.23 bits per heavy atom. The first-order valence-corrected chi connectivity index (χ1v) is 13.9. The number of aryl methyl sites for hydroxylation is 1. The number of fused-ring (bicyclic) bond motifs is 1. The van der Waals surface area contributed by atoms with Crippen molar-refractivity contribution in [2.75, 3.05) is 38.4 Å². The molecule has 1 aromatic carbocycles. The van der Waals surface area contributed by atoms with Crippen LogP contribution in [0.15, 0.2) is 65.1 Å². The number of aliphatic imine (C=N–C) groups is 1. The highest BCUT2D eigenvalue weighted by Crippen LogP contribution is 2.38. The van der Waals surface area contributed by atoms with Crippen molar-refractivity contribution in [1.29, 1.82) is 0 Å². The number of nitrogens with one attached hydrogen (secondary N) is 2. The van der Waals surface area contributed by atoms with E-state index in [-0.39, 0.29) is 17.7 Å². The van der Waals surface area contributed by atoms with Gasteiger partial charge in [0.1, 0.15) is 11.4 Å². The number of nitrogens with two attached hydrogens (primary N) is 1. The number of nitrogens with zero attached hydrogens (tertiary/aromatic N) is 6. The molecule has 222 valence electrons. The Hall–Kier alpha value is -5.26. The lowest BCUT2D eigenvalue weighted by atomic mass is 10.0. The van der Waals surface area contributed by atoms with Gasteiger partial charge in [-0.3, -0.25) is 19.6 Å². The minimum Gasteiger partial charge on any atom is -0.494 e. The lowest BCUT2D eigenvalue weighted by Gasteiger charge is -2.18. The largest absolute Gasteiger partial charge is 0.494 e. The topological polar surface area (TPSA) is 152 Å². The number of carbonyl (C=O) groups excluding carboxylic acids is 2. The molecule has 0 atom stereocenters. The number of rotatable bonds is 10. The zero-order valence-corrected chi connectivity index (χ0v) is 24.9. The van der Waals surface area contributed by atoms with E-state index < -0.39 is 0 Å². The number of anilines is 3. The molecule has 5 rings (SSSR count). The maximum absolute atomic E-state index is 13.1. The highest BCUT2D eigenvalue weighted by molar-refractivity contribution is 5.95. The molecule has 1 aliphatic carbocycles. The molecule has 0 unspecified atom stereocenters. The van der Waals surface area contributed by atoms with Gasteiger partial charge in [0.15, 0.2) is 11.5 Å². The van der Waals surface area contributed by atoms with Crippen LogP contribution in [0.2, 0.25) is 0 Å². The molecule has 3 heterocycles. The van der Waals surface area contributed by atoms with Crippen LogP contribution in [0, 0.1) is 12.8 Å². The zero-order valence-electron chi connectivity index (χ0n) is 24.9. The van der Waals surface area contributed by atoms with E-state index in [0.717, 1.165) is 35.2 Å². The second-order valence-corrected chi connectivity index (χ2v) is 10.6. The van der Waals surface area contributed by atoms with Crippen molar-refractivity contribution in [2.45, 2.75) is 26.7 Å². The molecular formula is C31H35N9O3. The lowest BCUT2D eigenvalue weighted by molar-refractivity contribution is -0.117. The van der Waals surface area contributed by atoms with Crippen molar-refractivity contribution in [3.8, 4) is 16.9 Å². The summed E-state index contributed by atoms with van der Waals surface area (Å²) < 4.78 is 7.50. The van der Waals surface area contributed by atoms with Crippen LogP contribution in [-0.2, 0) is 4.79 Å². The van der Waals surface area contributed by atoms with E-state index >= 15 is 0 Å². The third kappa shape index (κ3) is 6.48. The molecule has 3 aromatic heterocycles. The van der Waals surface area contributed by atoms with Gasteiger partial charge in [0, 0.05) is 67.4 Å². The van der Waals surface area contributed by atoms with Crippen LogP contribution in [0.3, 0.4) is 0 Å². The Morgan fingerprint density at radius 2 is 2.02 bits per heavy atom. The van der Waals surface area contributed by atoms with Gasteiger partial charge in [-0.2, -0.15) is 0 Å². The predicted octanol–water partition coefficient (Wildman–Crippen LogP) is 4.21. The summed E-state index contributed by atoms with van der Waals surface area (Å²) in [5.41, 5.74) is 11.9. The monoisotopic (exact) mass is 581 g/mol. The number of imidazole rings is 1. The van der Waals surface area contributed by atoms with Crippen LogP contribution in [-0.4, -0.2) is 70.3 Å². The fourth-order valence-electron chi connectivity index (χ4n) is 4.67. The quantitative estimate of drug-likeness (QED) is 0.236. The molecule has 43 heavy (non-hydrogen) atoms. The number of aromatic nitrogens is 4. The first kappa shape index (κ1) is 29.2. The highest BCUT2D eigenvalue weighted by atomic mass is 16.5. The van der Waals surface area contributed by atoms with Gasteiger partial charge in [0.05, 0.1) is 30.4 Å². The van der Waals surface area contributed by atoms with E-state index in [1.165, 1.54) is 0 Å². The number of amides is 2. The smallest absolute Gasteiger partial charge is 0.272 e. The normalized spacial score (nSPS) is 13.6. The SMILES string of the molecule is CN=C/C(CN(C)C(=O)c1ccc(-c2cccc(Nc3cc(NC(=O)C4CC4)nn4cc(C)nc34)c2OC)cn1)=C(/C)N. The van der Waals surface area contributed by atoms with Gasteiger partial charge in [0.2, 0.25) is 5.91 Å². The van der Waals surface area contributed by atoms with Crippen molar-refractivity contribution < 1.29 is 14.3 Å². The minimum absolute atomic E-state index is 0.0314. The number of carbonyl (C=O) groups is 2. The molecule has 12 nitrogen and oxygen atoms in total. The van der Waals surface area contributed by atoms with Crippen molar-refractivity contribution >= 4 is 40.9 Å². The number of para-hydroxylation sites is 1. The van der Waals surface area contributed by atoms with Gasteiger partial charge < -0.3 is 26.0 Å². The number of allylic oxidation sites excluding steroid dienone is 1. The summed E-state index contributed by atoms with van der Waals surface area (Å²) in [6.45, 7) is 3.97. The highest BCUT2D eigenvalue weighted by Gasteiger charge is 2.30. The molecule has 1 fully saturated rings. The summed E-state index contributed by atoms with van der Waals surface area (Å²) in [7, 11) is 4.95. The van der Waals surface area contributed by atoms with Crippen LogP contribution in [0.1, 0.15) is 35.9 Å². The maximum Gasteiger partial charge on any atom is 0.272 e. The van der Waals surface area contributed by atoms with Crippen LogP contribution in [0.4, 0.5) is 17.2 Å². The van der Waals surface area contributed by atoms with E-state index in [0.29, 0.717) is 46.5 Å². The Kier molecular flexibility index (Phi) is 8.37. The maximum atomic E-state index is 13.1. The molecule has 1 aliphatic rings. The second kappa shape index (κ2) is 12.3. The van der Waals surface area contributed by atoms with Crippen molar-refractivity contribution in [3.63, 3.8) is 0 Å². The van der Waals surface area contributed by atoms with Gasteiger partial charge in [0.25, 0.3) is 5.91 Å². The molecule has 0 radical (unpaired) electrons. The van der Waals surface area contributed by atoms with Crippen LogP contribution < -0.4 is 21.1 Å². The Balaban J connectivity index is 1.41. The summed E-state index contributed by atoms with van der Waals surface area (Å²) in [6, 6.07) is 11.0. The Bertz CT molecular complexity index is 1730. The van der Waals surface area contributed by atoms with Crippen LogP contribution in [0.25, 0.3) is 16.8 Å². The standard InChI is InChI=1S/C31H35N9O3/c1-18-16-40-29(35-18)26(13-27(38-40)37-30(41)20-9-10-20)36-24-8-6-7-23(28(24)43-5)21-11-12-25(34-15-21)31(42)39(4)17-22(14-33-3)19(2)32/h6-8,11-16,20,36H,9-10,17,32H2,1-5H3,(H,37,38,41)/b22-19+,33-14?. The lowest BCUT2D eigenvalue weighted by Crippen LogP contribution is -2.30. The summed E-state index contributed by atoms with van der Waals surface area (Å²) >= 11 is 0. The summed E-state index contributed by atoms with van der Waals surface area (Å²) in [4.78, 5) is 40.1. The first-order valence-electron chi connectivity index (χ1n) is 13.9. The van der Waals surface area contributed by atoms with Gasteiger partial charge in [-0.15, -0.1) is 5.10 Å². The van der Waals surface area contributed by atoms with Crippen LogP contribution in [0.5, 0.6) is 5.75 Å². The van der Waals surface area contributed by atoms with Gasteiger partial charge in [-0.1, -0.05) is 18.2 Å². The summed E-state index contributed by atoms with van der Waals surface area (Å²) in [6.07, 6.45) is 6.90. The Morgan fingerprint density at radius 3 is 2.67 bits per heavy atom. The van der Waals surface area contributed by atoms with E-state index in [2.05, 4.69) is 30.7 Å². The van der Waals surface area contributed by atoms with Crippen molar-refractivity contribution in [3.05, 3.63) is 71.4 Å². The van der Waals surface area contributed by atoms with E-state index in [1.807, 2.05) is 31.2 Å². The number of benzene rings is 1. The molecule has 0 aliphatic heterocycles. The summed E-state index contributed by atoms with van der Waals surface area (Å²) in [5, 5.41) is 10.9. The van der Waals surface area contributed by atoms with Crippen LogP contribution >= 0.6 is 0 Å². The van der Waals surface area contributed by atoms with Gasteiger partial charge in [-0.05, 0) is 38.8 Å². The molecule has 1 saturated carbocycles. The number of likely N-dealkylation sites (N-methyl/N-ethyl adjacent to an activating group) is 1. The van der Waals surface area contributed by atoms with Crippen molar-refractivity contribution in [1.82, 2.24) is 24.5 Å². The molecule has 4 N–H and O–H groups in total. The van der Waals surface area contributed by atoms with Gasteiger partial charge >= 0.3 is 0 Å². The molecule has 0 bridgehead atoms. The predicted molar refractivity (Wildman–Crippen MR) is 167 cm³/mol. The molecule has 2 amide bonds. The average Bonchev–Trinajstić information content (AvgIpc) is 3.78. The summed E-state index contributed by atoms with van der Waals surface area (Å²) in [5.74, 6) is 0.787. The number of methoxy groups -OCH3 is 1. The minimum atomic E-state index is -0.238. The Labute approximate surface area is 249 Å². The molecule has 0 saturated heterocycles. The molecule has 0 spiro atoms. The third-order valence-electron chi connectivity index (χ3n) is 7.07. The number of hydrogen-bond donors (Lipinski definition) is 3. The van der Waals surface area contributed by atoms with Gasteiger partial charge in [-0.25, -0.2) is 9.50 Å². The average molecular weight is 582 g/mol. The second-order valence-electron chi connectivity index (χ2n) is 10.6. The fraction of sp³-hybridized carbons (Fsp3) is 0.290.